The van der Waals surface area contributed by atoms with E-state index in [0.29, 0.717) is 0 Å². The third-order valence-electron chi connectivity index (χ3n) is 0.752. The number of nitrogens with one attached hydrogen (secondary N) is 1. The molecule has 0 aromatic carbocycles. The summed E-state index contributed by atoms with van der Waals surface area (Å²) in [5.41, 5.74) is -0.553. The first kappa shape index (κ1) is 7.97. The van der Waals surface area contributed by atoms with Crippen molar-refractivity contribution in [3.05, 3.63) is 0 Å². The molecule has 0 saturated heterocycles. The first-order valence-corrected chi connectivity index (χ1v) is 2.33. The van der Waals surface area contributed by atoms with Gasteiger partial charge in [0.25, 0.3) is 0 Å². The molecule has 0 fully saturated rings. The number of aliphatic hydroxyl groups excluding tert-OH is 1. The van der Waals surface area contributed by atoms with E-state index in [1.165, 1.54) is 0 Å². The molecule has 0 amide bonds. The summed E-state index contributed by atoms with van der Waals surface area (Å²) >= 11 is 0. The smallest absolute Gasteiger partial charge is 0.244 e. The Labute approximate surface area is 52.0 Å². The summed E-state index contributed by atoms with van der Waals surface area (Å²) in [6, 6.07) is 0. The monoisotopic (exact) mass is 129 g/mol. The van der Waals surface area contributed by atoms with Crippen molar-refractivity contribution in [1.82, 2.24) is 0 Å². The lowest BCUT2D eigenvalue weighted by Gasteiger charge is -1.90. The van der Waals surface area contributed by atoms with E-state index in [1.807, 2.05) is 0 Å². The van der Waals surface area contributed by atoms with Crippen LogP contribution in [-0.2, 0) is 9.59 Å². The van der Waals surface area contributed by atoms with Crippen LogP contribution in [0.1, 0.15) is 6.92 Å². The second kappa shape index (κ2) is 3.09. The third kappa shape index (κ3) is 2.14. The molecule has 0 aliphatic rings. The molecule has 0 aliphatic heterocycles. The zero-order valence-corrected chi connectivity index (χ0v) is 4.97. The van der Waals surface area contributed by atoms with Crippen LogP contribution < -0.4 is 0 Å². The van der Waals surface area contributed by atoms with Gasteiger partial charge < -0.3 is 5.11 Å². The van der Waals surface area contributed by atoms with Gasteiger partial charge in [0.05, 0.1) is 6.61 Å². The summed E-state index contributed by atoms with van der Waals surface area (Å²) in [4.78, 5) is 20.5. The molecule has 50 valence electrons. The van der Waals surface area contributed by atoms with Crippen LogP contribution >= 0.6 is 0 Å². The van der Waals surface area contributed by atoms with E-state index in [4.69, 9.17) is 10.5 Å². The van der Waals surface area contributed by atoms with E-state index in [1.54, 1.807) is 0 Å². The lowest BCUT2D eigenvalue weighted by atomic mass is 10.2. The van der Waals surface area contributed by atoms with Crippen molar-refractivity contribution >= 4 is 17.3 Å². The Balaban J connectivity index is 4.05. The average molecular weight is 129 g/mol. The van der Waals surface area contributed by atoms with Crippen LogP contribution in [0.5, 0.6) is 0 Å². The summed E-state index contributed by atoms with van der Waals surface area (Å²) in [6.07, 6.45) is 0. The Morgan fingerprint density at radius 3 is 2.11 bits per heavy atom. The van der Waals surface area contributed by atoms with Crippen molar-refractivity contribution in [3.63, 3.8) is 0 Å². The highest BCUT2D eigenvalue weighted by atomic mass is 16.3. The van der Waals surface area contributed by atoms with Gasteiger partial charge in [-0.1, -0.05) is 0 Å². The number of hydrogen-bond acceptors (Lipinski definition) is 4. The Morgan fingerprint density at radius 2 is 2.00 bits per heavy atom. The van der Waals surface area contributed by atoms with Gasteiger partial charge in [-0.2, -0.15) is 0 Å². The van der Waals surface area contributed by atoms with Crippen LogP contribution in [0.15, 0.2) is 0 Å². The van der Waals surface area contributed by atoms with Crippen LogP contribution in [0.2, 0.25) is 0 Å². The first-order valence-electron chi connectivity index (χ1n) is 2.33. The van der Waals surface area contributed by atoms with Gasteiger partial charge in [0, 0.05) is 6.92 Å². The van der Waals surface area contributed by atoms with E-state index in [0.717, 1.165) is 6.92 Å². The highest BCUT2D eigenvalue weighted by Crippen LogP contribution is 1.77. The Kier molecular flexibility index (Phi) is 2.73. The molecule has 0 rings (SSSR count). The molecular weight excluding hydrogens is 122 g/mol. The van der Waals surface area contributed by atoms with Crippen LogP contribution in [0, 0.1) is 5.41 Å². The number of ketones is 2. The van der Waals surface area contributed by atoms with Gasteiger partial charge in [0.2, 0.25) is 11.6 Å². The summed E-state index contributed by atoms with van der Waals surface area (Å²) in [6.45, 7) is 0.394. The van der Waals surface area contributed by atoms with Crippen LogP contribution in [0.25, 0.3) is 0 Å². The minimum absolute atomic E-state index is 0.553. The van der Waals surface area contributed by atoms with E-state index < -0.39 is 23.9 Å². The maximum atomic E-state index is 10.3. The molecular formula is C5H7NO3. The topological polar surface area (TPSA) is 78.2 Å². The van der Waals surface area contributed by atoms with Gasteiger partial charge in [-0.15, -0.1) is 0 Å². The minimum Gasteiger partial charge on any atom is -0.390 e. The normalized spacial score (nSPS) is 8.67. The van der Waals surface area contributed by atoms with Gasteiger partial charge in [-0.25, -0.2) is 0 Å². The molecule has 0 saturated carbocycles. The fourth-order valence-electron chi connectivity index (χ4n) is 0.284. The number of carbonyl (C=O) groups excluding carboxylic acids is 2. The molecule has 0 unspecified atom stereocenters. The Hall–Kier alpha value is -1.03. The zero-order chi connectivity index (χ0) is 7.44. The van der Waals surface area contributed by atoms with E-state index in [-0.39, 0.29) is 0 Å². The largest absolute Gasteiger partial charge is 0.390 e. The summed E-state index contributed by atoms with van der Waals surface area (Å²) in [5.74, 6) is -1.63. The van der Waals surface area contributed by atoms with Crippen LogP contribution in [-0.4, -0.2) is 29.0 Å². The molecule has 0 radical (unpaired) electrons. The fourth-order valence-corrected chi connectivity index (χ4v) is 0.284. The third-order valence-corrected chi connectivity index (χ3v) is 0.752. The van der Waals surface area contributed by atoms with Crippen molar-refractivity contribution in [1.29, 1.82) is 5.41 Å². The molecule has 4 nitrogen and oxygen atoms in total. The maximum Gasteiger partial charge on any atom is 0.244 e. The number of Topliss-reactive ketones (excluding diaryl/α,β-unsaturated/α-hetero) is 2. The Bertz CT molecular complexity index is 162. The minimum atomic E-state index is -0.919. The fraction of sp³-hybridized carbons (Fsp3) is 0.400. The van der Waals surface area contributed by atoms with Gasteiger partial charge >= 0.3 is 0 Å². The summed E-state index contributed by atoms with van der Waals surface area (Å²) < 4.78 is 0. The molecule has 0 spiro atoms. The highest BCUT2D eigenvalue weighted by Gasteiger charge is 2.12. The van der Waals surface area contributed by atoms with Crippen LogP contribution in [0.3, 0.4) is 0 Å². The van der Waals surface area contributed by atoms with Crippen molar-refractivity contribution in [2.75, 3.05) is 6.61 Å². The van der Waals surface area contributed by atoms with E-state index >= 15 is 0 Å². The average Bonchev–Trinajstić information content (AvgIpc) is 1.84. The first-order chi connectivity index (χ1) is 4.09. The summed E-state index contributed by atoms with van der Waals surface area (Å²) in [7, 11) is 0. The molecule has 9 heavy (non-hydrogen) atoms. The molecule has 0 aliphatic carbocycles. The lowest BCUT2D eigenvalue weighted by molar-refractivity contribution is -0.131. The second-order valence-corrected chi connectivity index (χ2v) is 1.52. The number of aliphatic hydroxyl groups is 1. The number of carbonyl (C=O) groups is 2. The maximum absolute atomic E-state index is 10.3. The summed E-state index contributed by atoms with van der Waals surface area (Å²) in [5, 5.41) is 14.8. The highest BCUT2D eigenvalue weighted by molar-refractivity contribution is 6.64. The van der Waals surface area contributed by atoms with Crippen molar-refractivity contribution in [3.8, 4) is 0 Å². The van der Waals surface area contributed by atoms with Gasteiger partial charge in [-0.3, -0.25) is 15.0 Å². The standard InChI is InChI=1S/C5H7NO3/c1-3(8)5(9)4(6)2-7/h6-7H,2H2,1H3. The van der Waals surface area contributed by atoms with Crippen molar-refractivity contribution in [2.45, 2.75) is 6.92 Å². The zero-order valence-electron chi connectivity index (χ0n) is 4.97. The quantitative estimate of drug-likeness (QED) is 0.385. The van der Waals surface area contributed by atoms with Gasteiger partial charge in [0.15, 0.2) is 0 Å². The van der Waals surface area contributed by atoms with Gasteiger partial charge in [-0.05, 0) is 0 Å². The molecule has 0 heterocycles. The predicted molar refractivity (Wildman–Crippen MR) is 30.5 cm³/mol. The van der Waals surface area contributed by atoms with E-state index in [2.05, 4.69) is 0 Å². The molecule has 4 heteroatoms. The van der Waals surface area contributed by atoms with Crippen molar-refractivity contribution < 1.29 is 14.7 Å². The number of rotatable bonds is 3. The molecule has 0 atom stereocenters. The molecule has 0 aromatic rings. The van der Waals surface area contributed by atoms with Crippen molar-refractivity contribution in [2.24, 2.45) is 0 Å². The van der Waals surface area contributed by atoms with Crippen LogP contribution in [0.4, 0.5) is 0 Å². The molecule has 2 N–H and O–H groups in total. The Morgan fingerprint density at radius 1 is 1.56 bits per heavy atom. The van der Waals surface area contributed by atoms with E-state index in [9.17, 15) is 9.59 Å². The second-order valence-electron chi connectivity index (χ2n) is 1.52. The number of hydrogen-bond donors (Lipinski definition) is 2. The lowest BCUT2D eigenvalue weighted by Crippen LogP contribution is -2.23. The van der Waals surface area contributed by atoms with Gasteiger partial charge in [0.1, 0.15) is 5.71 Å². The molecule has 0 aromatic heterocycles. The predicted octanol–water partition coefficient (Wildman–Crippen LogP) is -0.843. The molecule has 0 bridgehead atoms. The SMILES string of the molecule is CC(=O)C(=O)C(=N)CO.